The van der Waals surface area contributed by atoms with Gasteiger partial charge in [-0.15, -0.1) is 0 Å². The van der Waals surface area contributed by atoms with E-state index in [9.17, 15) is 18.4 Å². The average molecular weight is 254 g/mol. The summed E-state index contributed by atoms with van der Waals surface area (Å²) in [7, 11) is 0. The van der Waals surface area contributed by atoms with Crippen LogP contribution in [0, 0.1) is 11.6 Å². The molecule has 0 aromatic heterocycles. The second-order valence-electron chi connectivity index (χ2n) is 3.60. The maximum atomic E-state index is 13.6. The molecule has 1 aliphatic heterocycles. The summed E-state index contributed by atoms with van der Waals surface area (Å²) in [4.78, 5) is 22.1. The largest absolute Gasteiger partial charge is 0.478 e. The second-order valence-corrected chi connectivity index (χ2v) is 3.60. The molecule has 2 amide bonds. The first-order valence-electron chi connectivity index (χ1n) is 4.95. The lowest BCUT2D eigenvalue weighted by Crippen LogP contribution is -2.42. The normalized spacial score (nSPS) is 18.7. The minimum Gasteiger partial charge on any atom is -0.478 e. The molecule has 1 aromatic carbocycles. The fraction of sp³-hybridized carbons (Fsp3) is 0.0909. The highest BCUT2D eigenvalue weighted by atomic mass is 19.2. The molecule has 0 bridgehead atoms. The topological polar surface area (TPSA) is 78.4 Å². The molecule has 0 radical (unpaired) electrons. The van der Waals surface area contributed by atoms with Crippen LogP contribution in [0.5, 0.6) is 0 Å². The summed E-state index contributed by atoms with van der Waals surface area (Å²) < 4.78 is 26.7. The van der Waals surface area contributed by atoms with Crippen molar-refractivity contribution in [3.05, 3.63) is 47.2 Å². The summed E-state index contributed by atoms with van der Waals surface area (Å²) in [5, 5.41) is 13.3. The zero-order valence-electron chi connectivity index (χ0n) is 8.91. The predicted molar refractivity (Wildman–Crippen MR) is 56.5 cm³/mol. The molecule has 2 rings (SSSR count). The molecule has 5 nitrogen and oxygen atoms in total. The summed E-state index contributed by atoms with van der Waals surface area (Å²) in [6.45, 7) is 0. The number of carboxylic acid groups (broad SMARTS) is 1. The molecule has 3 N–H and O–H groups in total. The number of rotatable bonds is 2. The fourth-order valence-corrected chi connectivity index (χ4v) is 1.65. The Morgan fingerprint density at radius 1 is 1.33 bits per heavy atom. The van der Waals surface area contributed by atoms with Crippen LogP contribution in [0.2, 0.25) is 0 Å². The van der Waals surface area contributed by atoms with Gasteiger partial charge in [0, 0.05) is 11.8 Å². The fourth-order valence-electron chi connectivity index (χ4n) is 1.65. The second kappa shape index (κ2) is 4.44. The van der Waals surface area contributed by atoms with Crippen LogP contribution in [0.4, 0.5) is 13.6 Å². The summed E-state index contributed by atoms with van der Waals surface area (Å²) in [6, 6.07) is 1.44. The number of carbonyl (C=O) groups is 2. The molecule has 1 heterocycles. The molecule has 1 aliphatic rings. The molecule has 18 heavy (non-hydrogen) atoms. The highest BCUT2D eigenvalue weighted by molar-refractivity contribution is 5.92. The van der Waals surface area contributed by atoms with E-state index >= 15 is 0 Å². The molecule has 0 saturated carbocycles. The van der Waals surface area contributed by atoms with Crippen LogP contribution in [-0.4, -0.2) is 17.1 Å². The summed E-state index contributed by atoms with van der Waals surface area (Å²) in [5.41, 5.74) is -0.516. The Labute approximate surface area is 100 Å². The van der Waals surface area contributed by atoms with Gasteiger partial charge in [0.25, 0.3) is 0 Å². The Bertz CT molecular complexity index is 557. The van der Waals surface area contributed by atoms with Gasteiger partial charge in [0.15, 0.2) is 11.6 Å². The third kappa shape index (κ3) is 2.02. The van der Waals surface area contributed by atoms with Gasteiger partial charge in [-0.05, 0) is 6.07 Å². The van der Waals surface area contributed by atoms with Crippen LogP contribution in [0.3, 0.4) is 0 Å². The molecular weight excluding hydrogens is 246 g/mol. The van der Waals surface area contributed by atoms with E-state index in [4.69, 9.17) is 5.11 Å². The van der Waals surface area contributed by atoms with Crippen molar-refractivity contribution in [2.24, 2.45) is 0 Å². The number of hydrogen-bond acceptors (Lipinski definition) is 2. The standard InChI is InChI=1S/C11H8F2N2O3/c12-7-3-1-2-5(8(7)13)9-6(10(16)17)4-14-11(18)15-9/h1-4,9H,(H,16,17)(H2,14,15,18). The minimum atomic E-state index is -1.34. The highest BCUT2D eigenvalue weighted by Gasteiger charge is 2.30. The van der Waals surface area contributed by atoms with Crippen molar-refractivity contribution in [2.45, 2.75) is 6.04 Å². The summed E-state index contributed by atoms with van der Waals surface area (Å²) in [6.07, 6.45) is 0.955. The lowest BCUT2D eigenvalue weighted by molar-refractivity contribution is -0.133. The van der Waals surface area contributed by atoms with Gasteiger partial charge in [0.1, 0.15) is 0 Å². The Hall–Kier alpha value is -2.44. The number of halogens is 2. The van der Waals surface area contributed by atoms with Crippen molar-refractivity contribution in [2.75, 3.05) is 0 Å². The third-order valence-corrected chi connectivity index (χ3v) is 2.48. The number of hydrogen-bond donors (Lipinski definition) is 3. The van der Waals surface area contributed by atoms with Gasteiger partial charge in [-0.1, -0.05) is 12.1 Å². The first-order chi connectivity index (χ1) is 8.50. The van der Waals surface area contributed by atoms with Crippen molar-refractivity contribution >= 4 is 12.0 Å². The number of carboxylic acids is 1. The van der Waals surface area contributed by atoms with Crippen LogP contribution in [0.15, 0.2) is 30.0 Å². The molecule has 0 spiro atoms. The van der Waals surface area contributed by atoms with E-state index in [-0.39, 0.29) is 11.1 Å². The van der Waals surface area contributed by atoms with Crippen LogP contribution in [0.25, 0.3) is 0 Å². The number of carbonyl (C=O) groups excluding carboxylic acids is 1. The van der Waals surface area contributed by atoms with Gasteiger partial charge in [-0.25, -0.2) is 18.4 Å². The van der Waals surface area contributed by atoms with Gasteiger partial charge in [0.2, 0.25) is 0 Å². The van der Waals surface area contributed by atoms with E-state index in [1.165, 1.54) is 12.1 Å². The first kappa shape index (κ1) is 12.0. The van der Waals surface area contributed by atoms with E-state index in [2.05, 4.69) is 10.6 Å². The SMILES string of the molecule is O=C1NC=C(C(=O)O)C(c2cccc(F)c2F)N1. The number of amides is 2. The van der Waals surface area contributed by atoms with E-state index in [0.29, 0.717) is 0 Å². The molecule has 94 valence electrons. The van der Waals surface area contributed by atoms with Crippen LogP contribution in [0.1, 0.15) is 11.6 Å². The van der Waals surface area contributed by atoms with Crippen molar-refractivity contribution in [1.82, 2.24) is 10.6 Å². The maximum absolute atomic E-state index is 13.6. The Balaban J connectivity index is 2.50. The molecule has 7 heteroatoms. The van der Waals surface area contributed by atoms with Crippen molar-refractivity contribution in [3.63, 3.8) is 0 Å². The highest BCUT2D eigenvalue weighted by Crippen LogP contribution is 2.26. The molecule has 1 atom stereocenters. The smallest absolute Gasteiger partial charge is 0.335 e. The third-order valence-electron chi connectivity index (χ3n) is 2.48. The Morgan fingerprint density at radius 3 is 2.72 bits per heavy atom. The van der Waals surface area contributed by atoms with Crippen LogP contribution in [-0.2, 0) is 4.79 Å². The monoisotopic (exact) mass is 254 g/mol. The van der Waals surface area contributed by atoms with E-state index in [1.54, 1.807) is 0 Å². The molecule has 0 fully saturated rings. The van der Waals surface area contributed by atoms with Gasteiger partial charge in [-0.2, -0.15) is 0 Å². The summed E-state index contributed by atoms with van der Waals surface area (Å²) >= 11 is 0. The lowest BCUT2D eigenvalue weighted by Gasteiger charge is -2.24. The Kier molecular flexibility index (Phi) is 2.97. The minimum absolute atomic E-state index is 0.237. The van der Waals surface area contributed by atoms with E-state index < -0.39 is 29.7 Å². The Morgan fingerprint density at radius 2 is 2.06 bits per heavy atom. The quantitative estimate of drug-likeness (QED) is 0.744. The van der Waals surface area contributed by atoms with Crippen LogP contribution < -0.4 is 10.6 Å². The lowest BCUT2D eigenvalue weighted by atomic mass is 9.97. The van der Waals surface area contributed by atoms with Gasteiger partial charge in [-0.3, -0.25) is 0 Å². The van der Waals surface area contributed by atoms with Crippen molar-refractivity contribution in [3.8, 4) is 0 Å². The number of urea groups is 1. The van der Waals surface area contributed by atoms with Gasteiger partial charge in [0.05, 0.1) is 11.6 Å². The maximum Gasteiger partial charge on any atom is 0.335 e. The molecule has 1 aromatic rings. The van der Waals surface area contributed by atoms with Crippen LogP contribution >= 0.6 is 0 Å². The number of nitrogens with one attached hydrogen (secondary N) is 2. The molecular formula is C11H8F2N2O3. The first-order valence-corrected chi connectivity index (χ1v) is 4.95. The van der Waals surface area contributed by atoms with E-state index in [0.717, 1.165) is 12.3 Å². The zero-order chi connectivity index (χ0) is 13.3. The zero-order valence-corrected chi connectivity index (χ0v) is 8.91. The van der Waals surface area contributed by atoms with Crippen molar-refractivity contribution in [1.29, 1.82) is 0 Å². The number of benzene rings is 1. The summed E-state index contributed by atoms with van der Waals surface area (Å²) in [5.74, 6) is -3.63. The molecule has 1 unspecified atom stereocenters. The van der Waals surface area contributed by atoms with Gasteiger partial charge < -0.3 is 15.7 Å². The predicted octanol–water partition coefficient (Wildman–Crippen LogP) is 1.29. The van der Waals surface area contributed by atoms with Crippen molar-refractivity contribution < 1.29 is 23.5 Å². The number of aliphatic carboxylic acids is 1. The molecule has 0 saturated heterocycles. The van der Waals surface area contributed by atoms with E-state index in [1.807, 2.05) is 0 Å². The molecule has 0 aliphatic carbocycles. The average Bonchev–Trinajstić information content (AvgIpc) is 2.32. The van der Waals surface area contributed by atoms with Gasteiger partial charge >= 0.3 is 12.0 Å².